The van der Waals surface area contributed by atoms with Crippen LogP contribution in [0.25, 0.3) is 0 Å². The van der Waals surface area contributed by atoms with E-state index in [-0.39, 0.29) is 6.04 Å². The zero-order valence-corrected chi connectivity index (χ0v) is 12.5. The number of aromatic nitrogens is 2. The van der Waals surface area contributed by atoms with Crippen molar-refractivity contribution in [1.29, 1.82) is 0 Å². The molecule has 1 atom stereocenters. The molecule has 1 unspecified atom stereocenters. The van der Waals surface area contributed by atoms with Crippen LogP contribution in [0.15, 0.2) is 12.4 Å². The minimum absolute atomic E-state index is 0.0389. The zero-order valence-electron chi connectivity index (χ0n) is 11.0. The molecule has 0 saturated carbocycles. The normalized spacial score (nSPS) is 20.8. The Morgan fingerprint density at radius 3 is 2.63 bits per heavy atom. The Balaban J connectivity index is 2.11. The van der Waals surface area contributed by atoms with Gasteiger partial charge in [0.25, 0.3) is 0 Å². The van der Waals surface area contributed by atoms with E-state index in [4.69, 9.17) is 11.6 Å². The van der Waals surface area contributed by atoms with Crippen LogP contribution in [0.2, 0.25) is 5.02 Å². The van der Waals surface area contributed by atoms with Crippen LogP contribution in [0.4, 0.5) is 5.95 Å². The number of nitrogens with zero attached hydrogens (tertiary/aromatic N) is 4. The number of rotatable bonds is 3. The summed E-state index contributed by atoms with van der Waals surface area (Å²) < 4.78 is 24.6. The molecule has 1 saturated heterocycles. The lowest BCUT2D eigenvalue weighted by atomic mass is 10.1. The fraction of sp³-hybridized carbons (Fsp3) is 0.636. The summed E-state index contributed by atoms with van der Waals surface area (Å²) in [6.45, 7) is 1.43. The molecular formula is C11H17ClN4O2S. The lowest BCUT2D eigenvalue weighted by Gasteiger charge is -2.36. The van der Waals surface area contributed by atoms with Gasteiger partial charge in [0.1, 0.15) is 0 Å². The molecule has 1 aromatic rings. The fourth-order valence-corrected chi connectivity index (χ4v) is 2.98. The van der Waals surface area contributed by atoms with Crippen molar-refractivity contribution >= 4 is 27.6 Å². The molecule has 106 valence electrons. The molecule has 2 heterocycles. The van der Waals surface area contributed by atoms with Crippen molar-refractivity contribution in [3.05, 3.63) is 17.4 Å². The average molecular weight is 305 g/mol. The van der Waals surface area contributed by atoms with E-state index in [1.54, 1.807) is 19.4 Å². The van der Waals surface area contributed by atoms with E-state index in [2.05, 4.69) is 9.97 Å². The molecule has 8 heteroatoms. The first-order valence-electron chi connectivity index (χ1n) is 6.03. The molecule has 19 heavy (non-hydrogen) atoms. The Bertz CT molecular complexity index is 534. The van der Waals surface area contributed by atoms with Crippen LogP contribution >= 0.6 is 11.6 Å². The van der Waals surface area contributed by atoms with Gasteiger partial charge in [0.2, 0.25) is 16.0 Å². The fourth-order valence-electron chi connectivity index (χ4n) is 2.17. The van der Waals surface area contributed by atoms with Gasteiger partial charge >= 0.3 is 0 Å². The topological polar surface area (TPSA) is 66.4 Å². The molecule has 0 amide bonds. The summed E-state index contributed by atoms with van der Waals surface area (Å²) in [6.07, 6.45) is 6.09. The molecule has 1 aliphatic rings. The Morgan fingerprint density at radius 2 is 2.05 bits per heavy atom. The summed E-state index contributed by atoms with van der Waals surface area (Å²) in [4.78, 5) is 10.3. The molecular weight excluding hydrogens is 288 g/mol. The number of likely N-dealkylation sites (N-methyl/N-ethyl adjacent to an activating group) is 1. The molecule has 0 aliphatic carbocycles. The number of anilines is 1. The second-order valence-corrected chi connectivity index (χ2v) is 7.20. The Hall–Kier alpha value is -0.920. The summed E-state index contributed by atoms with van der Waals surface area (Å²) in [5.74, 6) is 0.594. The lowest BCUT2D eigenvalue weighted by Crippen LogP contribution is -2.48. The van der Waals surface area contributed by atoms with Crippen molar-refractivity contribution in [3.8, 4) is 0 Å². The smallest absolute Gasteiger partial charge is 0.225 e. The Labute approximate surface area is 118 Å². The third-order valence-electron chi connectivity index (χ3n) is 3.32. The van der Waals surface area contributed by atoms with E-state index in [9.17, 15) is 8.42 Å². The van der Waals surface area contributed by atoms with Crippen molar-refractivity contribution in [2.45, 2.75) is 18.9 Å². The number of hydrogen-bond acceptors (Lipinski definition) is 5. The zero-order chi connectivity index (χ0) is 14.0. The Kier molecular flexibility index (Phi) is 4.27. The molecule has 0 spiro atoms. The summed E-state index contributed by atoms with van der Waals surface area (Å²) in [5, 5.41) is 0.491. The van der Waals surface area contributed by atoms with Gasteiger partial charge in [0.15, 0.2) is 0 Å². The van der Waals surface area contributed by atoms with Crippen LogP contribution in [0.5, 0.6) is 0 Å². The van der Waals surface area contributed by atoms with Crippen LogP contribution in [-0.4, -0.2) is 55.1 Å². The molecule has 0 aromatic carbocycles. The number of piperidine rings is 1. The van der Waals surface area contributed by atoms with Crippen LogP contribution in [0.1, 0.15) is 12.8 Å². The minimum atomic E-state index is -3.17. The van der Waals surface area contributed by atoms with Crippen LogP contribution in [0.3, 0.4) is 0 Å². The molecule has 0 radical (unpaired) electrons. The molecule has 1 fully saturated rings. The van der Waals surface area contributed by atoms with E-state index in [0.717, 1.165) is 19.4 Å². The number of halogens is 1. The first-order chi connectivity index (χ1) is 8.88. The van der Waals surface area contributed by atoms with Gasteiger partial charge in [-0.15, -0.1) is 0 Å². The molecule has 0 N–H and O–H groups in total. The van der Waals surface area contributed by atoms with Crippen molar-refractivity contribution in [3.63, 3.8) is 0 Å². The lowest BCUT2D eigenvalue weighted by molar-refractivity contribution is 0.320. The predicted molar refractivity (Wildman–Crippen MR) is 74.9 cm³/mol. The summed E-state index contributed by atoms with van der Waals surface area (Å²) in [7, 11) is -1.55. The van der Waals surface area contributed by atoms with Gasteiger partial charge in [0, 0.05) is 26.2 Å². The first-order valence-corrected chi connectivity index (χ1v) is 8.26. The van der Waals surface area contributed by atoms with Gasteiger partial charge in [-0.05, 0) is 12.8 Å². The maximum Gasteiger partial charge on any atom is 0.225 e. The van der Waals surface area contributed by atoms with Crippen LogP contribution in [-0.2, 0) is 10.0 Å². The van der Waals surface area contributed by atoms with E-state index in [0.29, 0.717) is 17.5 Å². The van der Waals surface area contributed by atoms with E-state index in [1.165, 1.54) is 10.6 Å². The van der Waals surface area contributed by atoms with Crippen molar-refractivity contribution in [1.82, 2.24) is 14.3 Å². The van der Waals surface area contributed by atoms with Crippen molar-refractivity contribution < 1.29 is 8.42 Å². The first kappa shape index (κ1) is 14.5. The predicted octanol–water partition coefficient (Wildman–Crippen LogP) is 0.990. The van der Waals surface area contributed by atoms with Crippen LogP contribution < -0.4 is 4.90 Å². The average Bonchev–Trinajstić information content (AvgIpc) is 2.38. The third kappa shape index (κ3) is 3.55. The Morgan fingerprint density at radius 1 is 1.42 bits per heavy atom. The van der Waals surface area contributed by atoms with Gasteiger partial charge < -0.3 is 4.90 Å². The van der Waals surface area contributed by atoms with Crippen LogP contribution in [0, 0.1) is 0 Å². The second kappa shape index (κ2) is 5.60. The summed E-state index contributed by atoms with van der Waals surface area (Å²) in [6, 6.07) is -0.0389. The monoisotopic (exact) mass is 304 g/mol. The quantitative estimate of drug-likeness (QED) is 0.833. The minimum Gasteiger partial charge on any atom is -0.339 e. The van der Waals surface area contributed by atoms with Gasteiger partial charge in [-0.25, -0.2) is 22.7 Å². The van der Waals surface area contributed by atoms with E-state index >= 15 is 0 Å². The second-order valence-electron chi connectivity index (χ2n) is 4.72. The largest absolute Gasteiger partial charge is 0.339 e. The van der Waals surface area contributed by atoms with Gasteiger partial charge in [-0.2, -0.15) is 0 Å². The highest BCUT2D eigenvalue weighted by molar-refractivity contribution is 7.88. The van der Waals surface area contributed by atoms with Gasteiger partial charge in [-0.3, -0.25) is 0 Å². The molecule has 6 nitrogen and oxygen atoms in total. The highest BCUT2D eigenvalue weighted by atomic mass is 35.5. The molecule has 0 bridgehead atoms. The standard InChI is InChI=1S/C11H17ClN4O2S/c1-15(19(2,17)18)10-4-3-5-16(8-10)11-13-6-9(12)7-14-11/h6-7,10H,3-5,8H2,1-2H3. The maximum atomic E-state index is 11.6. The highest BCUT2D eigenvalue weighted by Crippen LogP contribution is 2.20. The van der Waals surface area contributed by atoms with Gasteiger partial charge in [-0.1, -0.05) is 11.6 Å². The van der Waals surface area contributed by atoms with Crippen molar-refractivity contribution in [2.24, 2.45) is 0 Å². The van der Waals surface area contributed by atoms with Crippen molar-refractivity contribution in [2.75, 3.05) is 31.3 Å². The summed E-state index contributed by atoms with van der Waals surface area (Å²) in [5.41, 5.74) is 0. The molecule has 1 aromatic heterocycles. The van der Waals surface area contributed by atoms with E-state index < -0.39 is 10.0 Å². The molecule has 1 aliphatic heterocycles. The maximum absolute atomic E-state index is 11.6. The number of sulfonamides is 1. The molecule has 2 rings (SSSR count). The number of hydrogen-bond donors (Lipinski definition) is 0. The summed E-state index contributed by atoms with van der Waals surface area (Å²) >= 11 is 5.76. The van der Waals surface area contributed by atoms with E-state index in [1.807, 2.05) is 4.90 Å². The third-order valence-corrected chi connectivity index (χ3v) is 4.86. The SMILES string of the molecule is CN(C1CCCN(c2ncc(Cl)cn2)C1)S(C)(=O)=O. The highest BCUT2D eigenvalue weighted by Gasteiger charge is 2.28. The van der Waals surface area contributed by atoms with Gasteiger partial charge in [0.05, 0.1) is 23.7 Å².